The second-order valence-corrected chi connectivity index (χ2v) is 3.55. The summed E-state index contributed by atoms with van der Waals surface area (Å²) in [6, 6.07) is 3.61. The van der Waals surface area contributed by atoms with Crippen LogP contribution in [-0.4, -0.2) is 42.1 Å². The van der Waals surface area contributed by atoms with Gasteiger partial charge in [0.25, 0.3) is 0 Å². The van der Waals surface area contributed by atoms with Gasteiger partial charge in [0.1, 0.15) is 18.3 Å². The molecule has 5 nitrogen and oxygen atoms in total. The van der Waals surface area contributed by atoms with Crippen molar-refractivity contribution in [3.05, 3.63) is 29.6 Å². The van der Waals surface area contributed by atoms with Crippen LogP contribution in [0.15, 0.2) is 18.2 Å². The molecule has 1 unspecified atom stereocenters. The van der Waals surface area contributed by atoms with Crippen LogP contribution in [0, 0.1) is 5.82 Å². The van der Waals surface area contributed by atoms with Crippen molar-refractivity contribution in [2.45, 2.75) is 13.0 Å². The average Bonchev–Trinajstić information content (AvgIpc) is 2.34. The first-order chi connectivity index (χ1) is 8.56. The predicted molar refractivity (Wildman–Crippen MR) is 61.4 cm³/mol. The first-order valence-corrected chi connectivity index (χ1v) is 5.46. The summed E-state index contributed by atoms with van der Waals surface area (Å²) in [6.45, 7) is 2.03. The standard InChI is InChI=1S/C12H15FO5/c1-2-17-6-8(14)7-18-11-9(12(15)16)4-3-5-10(11)13/h3-5,8,14H,2,6-7H2,1H3,(H,15,16). The molecule has 0 heterocycles. The molecular weight excluding hydrogens is 243 g/mol. The molecule has 0 saturated heterocycles. The lowest BCUT2D eigenvalue weighted by atomic mass is 10.2. The van der Waals surface area contributed by atoms with Crippen molar-refractivity contribution in [2.24, 2.45) is 0 Å². The lowest BCUT2D eigenvalue weighted by Crippen LogP contribution is -2.24. The smallest absolute Gasteiger partial charge is 0.339 e. The fourth-order valence-corrected chi connectivity index (χ4v) is 1.31. The molecule has 0 fully saturated rings. The van der Waals surface area contributed by atoms with E-state index in [2.05, 4.69) is 0 Å². The topological polar surface area (TPSA) is 76.0 Å². The molecule has 1 rings (SSSR count). The molecule has 0 aliphatic carbocycles. The maximum absolute atomic E-state index is 13.4. The highest BCUT2D eigenvalue weighted by Gasteiger charge is 2.17. The van der Waals surface area contributed by atoms with Crippen LogP contribution in [-0.2, 0) is 4.74 Å². The van der Waals surface area contributed by atoms with Crippen LogP contribution >= 0.6 is 0 Å². The average molecular weight is 258 g/mol. The third-order valence-corrected chi connectivity index (χ3v) is 2.13. The number of aliphatic hydroxyl groups is 1. The van der Waals surface area contributed by atoms with Gasteiger partial charge in [0.2, 0.25) is 0 Å². The van der Waals surface area contributed by atoms with Gasteiger partial charge in [-0.15, -0.1) is 0 Å². The van der Waals surface area contributed by atoms with Gasteiger partial charge in [-0.05, 0) is 19.1 Å². The van der Waals surface area contributed by atoms with E-state index in [9.17, 15) is 14.3 Å². The molecule has 0 spiro atoms. The molecule has 1 atom stereocenters. The van der Waals surface area contributed by atoms with Gasteiger partial charge in [0.05, 0.1) is 6.61 Å². The molecule has 0 aromatic heterocycles. The maximum atomic E-state index is 13.4. The van der Waals surface area contributed by atoms with Gasteiger partial charge < -0.3 is 19.7 Å². The summed E-state index contributed by atoms with van der Waals surface area (Å²) in [5.41, 5.74) is -0.279. The molecule has 0 saturated carbocycles. The number of hydrogen-bond acceptors (Lipinski definition) is 4. The number of ether oxygens (including phenoxy) is 2. The van der Waals surface area contributed by atoms with Crippen LogP contribution < -0.4 is 4.74 Å². The number of benzene rings is 1. The number of rotatable bonds is 7. The monoisotopic (exact) mass is 258 g/mol. The normalized spacial score (nSPS) is 12.2. The van der Waals surface area contributed by atoms with E-state index in [0.717, 1.165) is 6.07 Å². The van der Waals surface area contributed by atoms with Crippen molar-refractivity contribution >= 4 is 5.97 Å². The number of halogens is 1. The molecule has 1 aromatic carbocycles. The Hall–Kier alpha value is -1.66. The summed E-state index contributed by atoms with van der Waals surface area (Å²) in [5.74, 6) is -2.44. The lowest BCUT2D eigenvalue weighted by molar-refractivity contribution is 0.0153. The van der Waals surface area contributed by atoms with Crippen LogP contribution in [0.2, 0.25) is 0 Å². The van der Waals surface area contributed by atoms with Gasteiger partial charge in [-0.1, -0.05) is 6.07 Å². The fraction of sp³-hybridized carbons (Fsp3) is 0.417. The number of hydrogen-bond donors (Lipinski definition) is 2. The maximum Gasteiger partial charge on any atom is 0.339 e. The highest BCUT2D eigenvalue weighted by molar-refractivity contribution is 5.90. The first kappa shape index (κ1) is 14.4. The van der Waals surface area contributed by atoms with Crippen LogP contribution in [0.5, 0.6) is 5.75 Å². The zero-order valence-corrected chi connectivity index (χ0v) is 9.93. The van der Waals surface area contributed by atoms with Gasteiger partial charge in [-0.3, -0.25) is 0 Å². The van der Waals surface area contributed by atoms with Crippen LogP contribution in [0.25, 0.3) is 0 Å². The van der Waals surface area contributed by atoms with Gasteiger partial charge >= 0.3 is 5.97 Å². The SMILES string of the molecule is CCOCC(O)COc1c(F)cccc1C(=O)O. The minimum absolute atomic E-state index is 0.0490. The molecule has 1 aromatic rings. The molecule has 0 aliphatic rings. The molecule has 6 heteroatoms. The summed E-state index contributed by atoms with van der Waals surface area (Å²) >= 11 is 0. The molecule has 0 radical (unpaired) electrons. The summed E-state index contributed by atoms with van der Waals surface area (Å²) in [7, 11) is 0. The van der Waals surface area contributed by atoms with Crippen molar-refractivity contribution in [1.82, 2.24) is 0 Å². The van der Waals surface area contributed by atoms with E-state index in [-0.39, 0.29) is 24.5 Å². The Balaban J connectivity index is 2.69. The van der Waals surface area contributed by atoms with E-state index < -0.39 is 17.9 Å². The minimum atomic E-state index is -1.29. The van der Waals surface area contributed by atoms with Crippen molar-refractivity contribution in [1.29, 1.82) is 0 Å². The van der Waals surface area contributed by atoms with Gasteiger partial charge in [-0.2, -0.15) is 0 Å². The van der Waals surface area contributed by atoms with E-state index in [0.29, 0.717) is 6.61 Å². The molecule has 100 valence electrons. The number of carboxylic acid groups (broad SMARTS) is 1. The molecule has 2 N–H and O–H groups in total. The van der Waals surface area contributed by atoms with Crippen LogP contribution in [0.3, 0.4) is 0 Å². The number of carboxylic acids is 1. The summed E-state index contributed by atoms with van der Waals surface area (Å²) < 4.78 is 23.4. The zero-order valence-electron chi connectivity index (χ0n) is 9.93. The summed E-state index contributed by atoms with van der Waals surface area (Å²) in [6.07, 6.45) is -0.939. The van der Waals surface area contributed by atoms with Gasteiger partial charge in [0.15, 0.2) is 11.6 Å². The predicted octanol–water partition coefficient (Wildman–Crippen LogP) is 1.30. The van der Waals surface area contributed by atoms with E-state index >= 15 is 0 Å². The number of carbonyl (C=O) groups is 1. The largest absolute Gasteiger partial charge is 0.487 e. The van der Waals surface area contributed by atoms with E-state index in [1.807, 2.05) is 0 Å². The molecule has 0 bridgehead atoms. The Labute approximate surface area is 104 Å². The third kappa shape index (κ3) is 3.97. The molecule has 0 aliphatic heterocycles. The van der Waals surface area contributed by atoms with Crippen LogP contribution in [0.4, 0.5) is 4.39 Å². The Bertz CT molecular complexity index is 407. The first-order valence-electron chi connectivity index (χ1n) is 5.46. The van der Waals surface area contributed by atoms with Crippen molar-refractivity contribution in [3.63, 3.8) is 0 Å². The summed E-state index contributed by atoms with van der Waals surface area (Å²) in [5, 5.41) is 18.3. The second kappa shape index (κ2) is 6.93. The van der Waals surface area contributed by atoms with Crippen molar-refractivity contribution < 1.29 is 28.9 Å². The molecule has 0 amide bonds. The van der Waals surface area contributed by atoms with Crippen molar-refractivity contribution in [3.8, 4) is 5.75 Å². The van der Waals surface area contributed by atoms with Gasteiger partial charge in [0, 0.05) is 6.61 Å². The van der Waals surface area contributed by atoms with Gasteiger partial charge in [-0.25, -0.2) is 9.18 Å². The van der Waals surface area contributed by atoms with E-state index in [4.69, 9.17) is 14.6 Å². The fourth-order valence-electron chi connectivity index (χ4n) is 1.31. The minimum Gasteiger partial charge on any atom is -0.487 e. The Morgan fingerprint density at radius 2 is 2.17 bits per heavy atom. The zero-order chi connectivity index (χ0) is 13.5. The van der Waals surface area contributed by atoms with E-state index in [1.165, 1.54) is 12.1 Å². The Morgan fingerprint density at radius 1 is 1.44 bits per heavy atom. The quantitative estimate of drug-likeness (QED) is 0.771. The molecule has 18 heavy (non-hydrogen) atoms. The third-order valence-electron chi connectivity index (χ3n) is 2.13. The molecular formula is C12H15FO5. The second-order valence-electron chi connectivity index (χ2n) is 3.55. The van der Waals surface area contributed by atoms with E-state index in [1.54, 1.807) is 6.92 Å². The van der Waals surface area contributed by atoms with Crippen molar-refractivity contribution in [2.75, 3.05) is 19.8 Å². The number of aliphatic hydroxyl groups excluding tert-OH is 1. The highest BCUT2D eigenvalue weighted by atomic mass is 19.1. The van der Waals surface area contributed by atoms with Crippen LogP contribution in [0.1, 0.15) is 17.3 Å². The summed E-state index contributed by atoms with van der Waals surface area (Å²) in [4.78, 5) is 10.9. The Kier molecular flexibility index (Phi) is 5.54. The number of aromatic carboxylic acids is 1. The Morgan fingerprint density at radius 3 is 2.78 bits per heavy atom. The number of para-hydroxylation sites is 1. The lowest BCUT2D eigenvalue weighted by Gasteiger charge is -2.14. The highest BCUT2D eigenvalue weighted by Crippen LogP contribution is 2.22.